The number of carbonyl (C=O) groups excluding carboxylic acids is 1. The van der Waals surface area contributed by atoms with Crippen molar-refractivity contribution in [3.8, 4) is 0 Å². The van der Waals surface area contributed by atoms with Crippen LogP contribution in [0.5, 0.6) is 0 Å². The molecule has 0 spiro atoms. The molecule has 5 rings (SSSR count). The first kappa shape index (κ1) is 30.8. The molecule has 10 heteroatoms. The number of methoxy groups -OCH3 is 1. The number of amides is 1. The number of allylic oxidation sites excluding steroid dienone is 1. The number of nitrogens with one attached hydrogen (secondary N) is 2. The van der Waals surface area contributed by atoms with Crippen molar-refractivity contribution in [1.82, 2.24) is 14.6 Å². The Balaban J connectivity index is 1.67. The quantitative estimate of drug-likeness (QED) is 0.446. The Labute approximate surface area is 251 Å². The van der Waals surface area contributed by atoms with Crippen molar-refractivity contribution in [3.63, 3.8) is 0 Å². The van der Waals surface area contributed by atoms with Crippen LogP contribution in [0.25, 0.3) is 0 Å². The summed E-state index contributed by atoms with van der Waals surface area (Å²) in [6, 6.07) is 9.79. The summed E-state index contributed by atoms with van der Waals surface area (Å²) < 4.78 is 44.2. The average Bonchev–Trinajstić information content (AvgIpc) is 3.57. The van der Waals surface area contributed by atoms with Gasteiger partial charge in [-0.05, 0) is 102 Å². The van der Waals surface area contributed by atoms with Crippen LogP contribution in [0.15, 0.2) is 54.1 Å². The number of aromatic nitrogens is 1. The first-order valence-corrected chi connectivity index (χ1v) is 15.8. The van der Waals surface area contributed by atoms with E-state index in [1.807, 2.05) is 64.6 Å². The van der Waals surface area contributed by atoms with Gasteiger partial charge in [0.2, 0.25) is 5.91 Å². The standard InChI is InChI=1S/C32H43FN4O4S/c1-30(2,3)41-29-23-16-20(23)13-14-32(27-10-8-9-15-34-27,36-42(39)31(4,5)6)21-11-12-24(33)25(17-21)35-28(38)26-18-22(40-7)19-37(26)29/h8-12,15,17,20,22,26,36H,13-14,16,18-19H2,1-7H3,(H,35,38)/b29-23-/t20?,22-,26-,32?,42?/m1/s1. The number of carbonyl (C=O) groups is 1. The SMILES string of the molecule is CO[C@@H]1C[C@@H]2C(=O)Nc3cc(ccc3F)C(N[S+]([O-])C(C)(C)C)(c3ccccn3)CCC3C/C3=C(/OC(C)(C)C)N2C1. The summed E-state index contributed by atoms with van der Waals surface area (Å²) in [6.07, 6.45) is 4.15. The summed E-state index contributed by atoms with van der Waals surface area (Å²) in [5.41, 5.74) is 1.10. The largest absolute Gasteiger partial charge is 0.598 e. The Hall–Kier alpha value is -2.66. The summed E-state index contributed by atoms with van der Waals surface area (Å²) in [5, 5.41) is 2.88. The van der Waals surface area contributed by atoms with E-state index in [9.17, 15) is 9.35 Å². The first-order chi connectivity index (χ1) is 19.7. The predicted octanol–water partition coefficient (Wildman–Crippen LogP) is 5.38. The van der Waals surface area contributed by atoms with Gasteiger partial charge < -0.3 is 24.2 Å². The normalized spacial score (nSPS) is 28.9. The zero-order chi connectivity index (χ0) is 30.4. The zero-order valence-electron chi connectivity index (χ0n) is 25.6. The molecule has 2 fully saturated rings. The number of benzene rings is 1. The van der Waals surface area contributed by atoms with Gasteiger partial charge in [0, 0.05) is 37.6 Å². The number of hydrogen-bond donors (Lipinski definition) is 2. The van der Waals surface area contributed by atoms with Gasteiger partial charge in [-0.25, -0.2) is 4.39 Å². The third kappa shape index (κ3) is 6.32. The molecule has 228 valence electrons. The van der Waals surface area contributed by atoms with Crippen molar-refractivity contribution in [2.24, 2.45) is 5.92 Å². The summed E-state index contributed by atoms with van der Waals surface area (Å²) in [4.78, 5) is 20.6. The monoisotopic (exact) mass is 598 g/mol. The molecule has 8 nitrogen and oxygen atoms in total. The fraction of sp³-hybridized carbons (Fsp3) is 0.562. The Kier molecular flexibility index (Phi) is 8.39. The Bertz CT molecular complexity index is 1340. The smallest absolute Gasteiger partial charge is 0.247 e. The van der Waals surface area contributed by atoms with E-state index in [0.717, 1.165) is 18.4 Å². The van der Waals surface area contributed by atoms with Crippen LogP contribution in [0.3, 0.4) is 0 Å². The third-order valence-electron chi connectivity index (χ3n) is 8.15. The molecule has 2 bridgehead atoms. The molecule has 1 aliphatic carbocycles. The van der Waals surface area contributed by atoms with Gasteiger partial charge in [-0.3, -0.25) is 9.78 Å². The van der Waals surface area contributed by atoms with Crippen LogP contribution >= 0.6 is 0 Å². The summed E-state index contributed by atoms with van der Waals surface area (Å²) >= 11 is -1.48. The second-order valence-electron chi connectivity index (χ2n) is 13.5. The lowest BCUT2D eigenvalue weighted by Crippen LogP contribution is -2.52. The zero-order valence-corrected chi connectivity index (χ0v) is 26.4. The highest BCUT2D eigenvalue weighted by Crippen LogP contribution is 2.50. The molecular weight excluding hydrogens is 555 g/mol. The van der Waals surface area contributed by atoms with Gasteiger partial charge in [0.05, 0.1) is 17.5 Å². The van der Waals surface area contributed by atoms with E-state index < -0.39 is 39.1 Å². The minimum Gasteiger partial charge on any atom is -0.598 e. The molecule has 1 saturated carbocycles. The number of rotatable bonds is 5. The molecule has 1 aromatic carbocycles. The van der Waals surface area contributed by atoms with Gasteiger partial charge >= 0.3 is 0 Å². The molecule has 1 saturated heterocycles. The highest BCUT2D eigenvalue weighted by molar-refractivity contribution is 7.90. The van der Waals surface area contributed by atoms with Crippen molar-refractivity contribution in [1.29, 1.82) is 0 Å². The number of halogens is 1. The fourth-order valence-electron chi connectivity index (χ4n) is 5.79. The minimum absolute atomic E-state index is 0.0670. The van der Waals surface area contributed by atoms with E-state index >= 15 is 4.39 Å². The van der Waals surface area contributed by atoms with Crippen molar-refractivity contribution in [2.75, 3.05) is 19.0 Å². The Morgan fingerprint density at radius 1 is 1.19 bits per heavy atom. The van der Waals surface area contributed by atoms with Crippen LogP contribution in [0, 0.1) is 11.7 Å². The lowest BCUT2D eigenvalue weighted by atomic mass is 9.82. The van der Waals surface area contributed by atoms with Gasteiger partial charge in [0.1, 0.15) is 27.7 Å². The van der Waals surface area contributed by atoms with Crippen molar-refractivity contribution >= 4 is 23.0 Å². The van der Waals surface area contributed by atoms with Crippen LogP contribution in [0.2, 0.25) is 0 Å². The summed E-state index contributed by atoms with van der Waals surface area (Å²) in [6.45, 7) is 12.2. The molecule has 2 N–H and O–H groups in total. The second kappa shape index (κ2) is 11.4. The maximum absolute atomic E-state index is 15.4. The Morgan fingerprint density at radius 3 is 2.60 bits per heavy atom. The molecular formula is C32H43FN4O4S. The van der Waals surface area contributed by atoms with E-state index in [0.29, 0.717) is 36.5 Å². The highest BCUT2D eigenvalue weighted by Gasteiger charge is 2.49. The van der Waals surface area contributed by atoms with Gasteiger partial charge in [-0.1, -0.05) is 12.1 Å². The van der Waals surface area contributed by atoms with Gasteiger partial charge in [-0.2, -0.15) is 0 Å². The second-order valence-corrected chi connectivity index (χ2v) is 15.5. The van der Waals surface area contributed by atoms with Crippen molar-refractivity contribution < 1.29 is 23.2 Å². The number of ether oxygens (including phenoxy) is 2. The summed E-state index contributed by atoms with van der Waals surface area (Å²) in [5.74, 6) is 0.0518. The number of nitrogens with zero attached hydrogens (tertiary/aromatic N) is 2. The lowest BCUT2D eigenvalue weighted by molar-refractivity contribution is -0.121. The molecule has 1 amide bonds. The topological polar surface area (TPSA) is 98.8 Å². The first-order valence-electron chi connectivity index (χ1n) is 14.7. The van der Waals surface area contributed by atoms with E-state index in [-0.39, 0.29) is 23.6 Å². The van der Waals surface area contributed by atoms with Crippen molar-refractivity contribution in [3.05, 3.63) is 71.1 Å². The fourth-order valence-corrected chi connectivity index (χ4v) is 6.73. The molecule has 3 unspecified atom stereocenters. The number of fused-ring (bicyclic) bond motifs is 4. The molecule has 42 heavy (non-hydrogen) atoms. The van der Waals surface area contributed by atoms with E-state index in [1.54, 1.807) is 25.4 Å². The molecule has 1 aromatic heterocycles. The number of anilines is 1. The van der Waals surface area contributed by atoms with Gasteiger partial charge in [-0.15, -0.1) is 4.72 Å². The molecule has 2 aromatic rings. The molecule has 3 aliphatic rings. The van der Waals surface area contributed by atoms with Crippen LogP contribution < -0.4 is 10.0 Å². The van der Waals surface area contributed by atoms with Crippen LogP contribution in [-0.2, 0) is 31.2 Å². The average molecular weight is 599 g/mol. The minimum atomic E-state index is -1.48. The summed E-state index contributed by atoms with van der Waals surface area (Å²) in [7, 11) is 1.65. The van der Waals surface area contributed by atoms with Crippen LogP contribution in [-0.4, -0.2) is 56.5 Å². The predicted molar refractivity (Wildman–Crippen MR) is 162 cm³/mol. The third-order valence-corrected chi connectivity index (χ3v) is 9.79. The number of pyridine rings is 1. The van der Waals surface area contributed by atoms with Crippen molar-refractivity contribution in [2.45, 2.75) is 95.3 Å². The van der Waals surface area contributed by atoms with Crippen LogP contribution in [0.1, 0.15) is 78.5 Å². The number of hydrogen-bond acceptors (Lipinski definition) is 7. The maximum Gasteiger partial charge on any atom is 0.247 e. The lowest BCUT2D eigenvalue weighted by Gasteiger charge is -2.38. The molecule has 0 radical (unpaired) electrons. The molecule has 5 atom stereocenters. The van der Waals surface area contributed by atoms with E-state index in [2.05, 4.69) is 10.0 Å². The van der Waals surface area contributed by atoms with Gasteiger partial charge in [0.25, 0.3) is 0 Å². The molecule has 3 heterocycles. The van der Waals surface area contributed by atoms with E-state index in [1.165, 1.54) is 6.07 Å². The van der Waals surface area contributed by atoms with E-state index in [4.69, 9.17) is 14.5 Å². The molecule has 2 aliphatic heterocycles. The van der Waals surface area contributed by atoms with Gasteiger partial charge in [0.15, 0.2) is 5.88 Å². The van der Waals surface area contributed by atoms with Crippen LogP contribution in [0.4, 0.5) is 10.1 Å². The Morgan fingerprint density at radius 2 is 1.95 bits per heavy atom. The maximum atomic E-state index is 15.4. The highest BCUT2D eigenvalue weighted by atomic mass is 32.2.